The SMILES string of the molecule is CCOC(=O)c1sc2c(c(Cl)nc3ccccc32)c1N. The molecule has 0 radical (unpaired) electrons. The summed E-state index contributed by atoms with van der Waals surface area (Å²) in [6.07, 6.45) is 0. The van der Waals surface area contributed by atoms with Crippen molar-refractivity contribution in [3.63, 3.8) is 0 Å². The molecule has 0 unspecified atom stereocenters. The van der Waals surface area contributed by atoms with Crippen LogP contribution >= 0.6 is 22.9 Å². The first-order valence-corrected chi connectivity index (χ1v) is 7.26. The first-order valence-electron chi connectivity index (χ1n) is 6.06. The van der Waals surface area contributed by atoms with E-state index >= 15 is 0 Å². The third-order valence-corrected chi connectivity index (χ3v) is 4.47. The average molecular weight is 307 g/mol. The molecule has 3 aromatic rings. The van der Waals surface area contributed by atoms with Crippen molar-refractivity contribution in [1.29, 1.82) is 0 Å². The summed E-state index contributed by atoms with van der Waals surface area (Å²) in [5.41, 5.74) is 7.17. The Kier molecular flexibility index (Phi) is 3.23. The molecular weight excluding hydrogens is 296 g/mol. The fraction of sp³-hybridized carbons (Fsp3) is 0.143. The molecule has 0 aliphatic rings. The lowest BCUT2D eigenvalue weighted by molar-refractivity contribution is 0.0533. The topological polar surface area (TPSA) is 65.2 Å². The van der Waals surface area contributed by atoms with Crippen LogP contribution in [0.2, 0.25) is 5.15 Å². The molecular formula is C14H11ClN2O2S. The summed E-state index contributed by atoms with van der Waals surface area (Å²) in [5, 5.41) is 1.86. The van der Waals surface area contributed by atoms with E-state index in [0.29, 0.717) is 27.7 Å². The van der Waals surface area contributed by atoms with Gasteiger partial charge in [0.05, 0.1) is 23.2 Å². The van der Waals surface area contributed by atoms with Gasteiger partial charge in [0, 0.05) is 10.1 Å². The molecule has 0 bridgehead atoms. The molecule has 0 atom stereocenters. The Morgan fingerprint density at radius 2 is 2.20 bits per heavy atom. The zero-order valence-corrected chi connectivity index (χ0v) is 12.2. The molecule has 0 aliphatic heterocycles. The third-order valence-electron chi connectivity index (χ3n) is 2.98. The molecule has 0 spiro atoms. The molecule has 4 nitrogen and oxygen atoms in total. The maximum Gasteiger partial charge on any atom is 0.350 e. The lowest BCUT2D eigenvalue weighted by atomic mass is 10.1. The van der Waals surface area contributed by atoms with Crippen LogP contribution in [0.5, 0.6) is 0 Å². The van der Waals surface area contributed by atoms with Gasteiger partial charge < -0.3 is 10.5 Å². The van der Waals surface area contributed by atoms with Crippen LogP contribution < -0.4 is 5.73 Å². The minimum Gasteiger partial charge on any atom is -0.462 e. The van der Waals surface area contributed by atoms with Gasteiger partial charge in [0.15, 0.2) is 0 Å². The van der Waals surface area contributed by atoms with E-state index in [2.05, 4.69) is 4.98 Å². The molecule has 2 heterocycles. The van der Waals surface area contributed by atoms with E-state index in [9.17, 15) is 4.79 Å². The summed E-state index contributed by atoms with van der Waals surface area (Å²) in [6.45, 7) is 2.06. The number of esters is 1. The highest BCUT2D eigenvalue weighted by Gasteiger charge is 2.21. The molecule has 6 heteroatoms. The van der Waals surface area contributed by atoms with Crippen LogP contribution in [0.3, 0.4) is 0 Å². The van der Waals surface area contributed by atoms with Gasteiger partial charge in [0.25, 0.3) is 0 Å². The zero-order valence-electron chi connectivity index (χ0n) is 10.6. The number of anilines is 1. The molecule has 3 rings (SSSR count). The molecule has 1 aromatic carbocycles. The van der Waals surface area contributed by atoms with Crippen molar-refractivity contribution in [2.75, 3.05) is 12.3 Å². The van der Waals surface area contributed by atoms with Crippen LogP contribution in [0.15, 0.2) is 24.3 Å². The van der Waals surface area contributed by atoms with E-state index in [4.69, 9.17) is 22.1 Å². The molecule has 2 aromatic heterocycles. The minimum absolute atomic E-state index is 0.305. The van der Waals surface area contributed by atoms with Crippen LogP contribution in [-0.2, 0) is 4.74 Å². The lowest BCUT2D eigenvalue weighted by Gasteiger charge is -2.01. The van der Waals surface area contributed by atoms with Crippen LogP contribution in [0, 0.1) is 0 Å². The normalized spacial score (nSPS) is 11.1. The van der Waals surface area contributed by atoms with Gasteiger partial charge in [0.2, 0.25) is 0 Å². The maximum absolute atomic E-state index is 11.9. The van der Waals surface area contributed by atoms with E-state index in [1.807, 2.05) is 24.3 Å². The summed E-state index contributed by atoms with van der Waals surface area (Å²) < 4.78 is 5.88. The fourth-order valence-electron chi connectivity index (χ4n) is 2.11. The van der Waals surface area contributed by atoms with Crippen LogP contribution in [0.4, 0.5) is 5.69 Å². The van der Waals surface area contributed by atoms with Gasteiger partial charge in [-0.1, -0.05) is 29.8 Å². The Bertz CT molecular complexity index is 829. The zero-order chi connectivity index (χ0) is 14.3. The number of rotatable bonds is 2. The molecule has 20 heavy (non-hydrogen) atoms. The second-order valence-corrected chi connectivity index (χ2v) is 5.57. The number of nitrogens with two attached hydrogens (primary N) is 1. The number of nitrogens with zero attached hydrogens (tertiary/aromatic N) is 1. The number of thiophene rings is 1. The summed E-state index contributed by atoms with van der Waals surface area (Å²) >= 11 is 7.49. The Balaban J connectivity index is 2.37. The van der Waals surface area contributed by atoms with Crippen molar-refractivity contribution in [3.05, 3.63) is 34.3 Å². The van der Waals surface area contributed by atoms with Gasteiger partial charge in [-0.25, -0.2) is 9.78 Å². The first kappa shape index (κ1) is 13.1. The fourth-order valence-corrected chi connectivity index (χ4v) is 3.60. The highest BCUT2D eigenvalue weighted by molar-refractivity contribution is 7.22. The first-order chi connectivity index (χ1) is 9.63. The highest BCUT2D eigenvalue weighted by Crippen LogP contribution is 2.41. The molecule has 0 saturated heterocycles. The Morgan fingerprint density at radius 3 is 2.95 bits per heavy atom. The lowest BCUT2D eigenvalue weighted by Crippen LogP contribution is -2.04. The Morgan fingerprint density at radius 1 is 1.45 bits per heavy atom. The quantitative estimate of drug-likeness (QED) is 0.576. The van der Waals surface area contributed by atoms with Gasteiger partial charge >= 0.3 is 5.97 Å². The standard InChI is InChI=1S/C14H11ClN2O2S/c1-2-19-14(18)12-10(16)9-11(20-12)7-5-3-4-6-8(7)17-13(9)15/h3-6H,2,16H2,1H3. The van der Waals surface area contributed by atoms with Gasteiger partial charge in [-0.05, 0) is 13.0 Å². The van der Waals surface area contributed by atoms with E-state index in [-0.39, 0.29) is 0 Å². The molecule has 0 aliphatic carbocycles. The second kappa shape index (κ2) is 4.92. The average Bonchev–Trinajstić information content (AvgIpc) is 2.78. The number of pyridine rings is 1. The van der Waals surface area contributed by atoms with Crippen LogP contribution in [0.25, 0.3) is 21.0 Å². The highest BCUT2D eigenvalue weighted by atomic mass is 35.5. The summed E-state index contributed by atoms with van der Waals surface area (Å²) in [7, 11) is 0. The van der Waals surface area contributed by atoms with Crippen LogP contribution in [0.1, 0.15) is 16.6 Å². The number of nitrogen functional groups attached to an aromatic ring is 1. The number of hydrogen-bond donors (Lipinski definition) is 1. The van der Waals surface area contributed by atoms with E-state index in [0.717, 1.165) is 15.6 Å². The number of halogens is 1. The second-order valence-electron chi connectivity index (χ2n) is 4.19. The Labute approximate surface area is 124 Å². The number of carbonyl (C=O) groups excluding carboxylic acids is 1. The van der Waals surface area contributed by atoms with Crippen molar-refractivity contribution in [1.82, 2.24) is 4.98 Å². The predicted molar refractivity (Wildman–Crippen MR) is 82.5 cm³/mol. The summed E-state index contributed by atoms with van der Waals surface area (Å²) in [4.78, 5) is 16.6. The number of benzene rings is 1. The van der Waals surface area contributed by atoms with Crippen molar-refractivity contribution in [2.24, 2.45) is 0 Å². The molecule has 0 saturated carbocycles. The van der Waals surface area contributed by atoms with Crippen molar-refractivity contribution in [2.45, 2.75) is 6.92 Å². The van der Waals surface area contributed by atoms with Gasteiger partial charge in [-0.2, -0.15) is 0 Å². The van der Waals surface area contributed by atoms with Crippen molar-refractivity contribution in [3.8, 4) is 0 Å². The van der Waals surface area contributed by atoms with Crippen LogP contribution in [-0.4, -0.2) is 17.6 Å². The van der Waals surface area contributed by atoms with Gasteiger partial charge in [-0.15, -0.1) is 11.3 Å². The van der Waals surface area contributed by atoms with E-state index in [1.165, 1.54) is 11.3 Å². The molecule has 0 amide bonds. The number of fused-ring (bicyclic) bond motifs is 3. The number of para-hydroxylation sites is 1. The predicted octanol–water partition coefficient (Wildman–Crippen LogP) is 3.86. The number of ether oxygens (including phenoxy) is 1. The molecule has 102 valence electrons. The number of hydrogen-bond acceptors (Lipinski definition) is 5. The van der Waals surface area contributed by atoms with Crippen molar-refractivity contribution < 1.29 is 9.53 Å². The molecule has 0 fully saturated rings. The van der Waals surface area contributed by atoms with Crippen molar-refractivity contribution >= 4 is 55.6 Å². The number of carbonyl (C=O) groups is 1. The summed E-state index contributed by atoms with van der Waals surface area (Å²) in [5.74, 6) is -0.425. The van der Waals surface area contributed by atoms with E-state index < -0.39 is 5.97 Å². The molecule has 2 N–H and O–H groups in total. The Hall–Kier alpha value is -1.85. The maximum atomic E-state index is 11.9. The van der Waals surface area contributed by atoms with Gasteiger partial charge in [0.1, 0.15) is 10.0 Å². The minimum atomic E-state index is -0.425. The van der Waals surface area contributed by atoms with Gasteiger partial charge in [-0.3, -0.25) is 0 Å². The third kappa shape index (κ3) is 1.90. The summed E-state index contributed by atoms with van der Waals surface area (Å²) in [6, 6.07) is 7.62. The smallest absolute Gasteiger partial charge is 0.350 e. The monoisotopic (exact) mass is 306 g/mol. The largest absolute Gasteiger partial charge is 0.462 e. The van der Waals surface area contributed by atoms with E-state index in [1.54, 1.807) is 6.92 Å². The number of aromatic nitrogens is 1.